The molecule has 17 heavy (non-hydrogen) atoms. The van der Waals surface area contributed by atoms with Gasteiger partial charge in [0, 0.05) is 0 Å². The molecule has 0 amide bonds. The summed E-state index contributed by atoms with van der Waals surface area (Å²) in [6.07, 6.45) is 14.0. The number of hydrogen-bond donors (Lipinski definition) is 0. The molecule has 1 rings (SSSR count). The number of allylic oxidation sites excluding steroid dienone is 4. The van der Waals surface area contributed by atoms with Gasteiger partial charge in [0.25, 0.3) is 0 Å². The summed E-state index contributed by atoms with van der Waals surface area (Å²) in [6.45, 7) is 17.5. The van der Waals surface area contributed by atoms with Gasteiger partial charge in [-0.1, -0.05) is 38.2 Å². The van der Waals surface area contributed by atoms with Crippen LogP contribution in [-0.2, 0) is 19.5 Å². The average molecular weight is 319 g/mol. The Bertz CT molecular complexity index is 129. The van der Waals surface area contributed by atoms with Crippen molar-refractivity contribution in [3.63, 3.8) is 0 Å². The van der Waals surface area contributed by atoms with E-state index in [0.717, 1.165) is 11.8 Å². The molecule has 0 unspecified atom stereocenters. The predicted octanol–water partition coefficient (Wildman–Crippen LogP) is 5.17. The van der Waals surface area contributed by atoms with E-state index in [0.29, 0.717) is 0 Å². The Labute approximate surface area is 123 Å². The Kier molecular flexibility index (Phi) is 24.2. The first-order valence-corrected chi connectivity index (χ1v) is 5.71. The Morgan fingerprint density at radius 3 is 0.882 bits per heavy atom. The van der Waals surface area contributed by atoms with Crippen LogP contribution in [0.15, 0.2) is 24.3 Å². The molecule has 0 bridgehead atoms. The summed E-state index contributed by atoms with van der Waals surface area (Å²) >= 11 is 0. The Hall–Kier alpha value is 0.103. The molecule has 0 fully saturated rings. The molecule has 0 aromatic carbocycles. The van der Waals surface area contributed by atoms with E-state index in [1.165, 1.54) is 25.7 Å². The maximum absolute atomic E-state index is 3.44. The maximum Gasteiger partial charge on any atom is 2.00 e. The van der Waals surface area contributed by atoms with E-state index >= 15 is 0 Å². The smallest absolute Gasteiger partial charge is 0.0882 e. The van der Waals surface area contributed by atoms with Gasteiger partial charge in [0.2, 0.25) is 0 Å². The van der Waals surface area contributed by atoms with Crippen LogP contribution in [-0.4, -0.2) is 0 Å². The molecule has 0 aromatic rings. The summed E-state index contributed by atoms with van der Waals surface area (Å²) in [5.41, 5.74) is 0. The molecule has 0 spiro atoms. The van der Waals surface area contributed by atoms with Gasteiger partial charge >= 0.3 is 19.5 Å². The fraction of sp³-hybridized carbons (Fsp3) is 0.375. The molecule has 0 aliphatic heterocycles. The molecule has 1 heteroatoms. The molecule has 6 radical (unpaired) electrons. The Morgan fingerprint density at radius 2 is 0.765 bits per heavy atom. The number of rotatable bonds is 0. The van der Waals surface area contributed by atoms with Crippen LogP contribution in [0.4, 0.5) is 0 Å². The van der Waals surface area contributed by atoms with Crippen molar-refractivity contribution in [2.75, 3.05) is 0 Å². The molecular formula is C16H26Ru+2. The van der Waals surface area contributed by atoms with Gasteiger partial charge in [-0.05, 0) is 65.2 Å². The minimum atomic E-state index is 0. The van der Waals surface area contributed by atoms with Crippen molar-refractivity contribution in [1.29, 1.82) is 0 Å². The zero-order chi connectivity index (χ0) is 12.8. The third-order valence-corrected chi connectivity index (χ3v) is 1.33. The molecular weight excluding hydrogens is 293 g/mol. The van der Waals surface area contributed by atoms with E-state index in [-0.39, 0.29) is 19.5 Å². The normalized spacial score (nSPS) is 13.6. The summed E-state index contributed by atoms with van der Waals surface area (Å²) in [5.74, 6) is 1.83. The minimum Gasteiger partial charge on any atom is -0.0882 e. The van der Waals surface area contributed by atoms with E-state index in [9.17, 15) is 0 Å². The van der Waals surface area contributed by atoms with Crippen LogP contribution in [0.3, 0.4) is 0 Å². The fourth-order valence-corrected chi connectivity index (χ4v) is 0.856. The molecule has 1 aliphatic carbocycles. The summed E-state index contributed by atoms with van der Waals surface area (Å²) in [6, 6.07) is 0. The van der Waals surface area contributed by atoms with Gasteiger partial charge < -0.3 is 0 Å². The van der Waals surface area contributed by atoms with Crippen LogP contribution < -0.4 is 0 Å². The molecule has 0 saturated carbocycles. The number of hydrogen-bond acceptors (Lipinski definition) is 0. The zero-order valence-corrected chi connectivity index (χ0v) is 13.1. The topological polar surface area (TPSA) is 0 Å². The Balaban J connectivity index is -0.000000189. The summed E-state index contributed by atoms with van der Waals surface area (Å²) in [5, 5.41) is 0. The van der Waals surface area contributed by atoms with Gasteiger partial charge in [-0.25, -0.2) is 0 Å². The molecule has 0 N–H and O–H groups in total. The van der Waals surface area contributed by atoms with Gasteiger partial charge in [-0.15, -0.1) is 0 Å². The van der Waals surface area contributed by atoms with Crippen molar-refractivity contribution >= 4 is 0 Å². The van der Waals surface area contributed by atoms with Crippen LogP contribution in [0, 0.1) is 39.5 Å². The van der Waals surface area contributed by atoms with Gasteiger partial charge in [0.15, 0.2) is 0 Å². The average Bonchev–Trinajstić information content (AvgIpc) is 1.98. The van der Waals surface area contributed by atoms with Crippen LogP contribution in [0.25, 0.3) is 0 Å². The van der Waals surface area contributed by atoms with Crippen LogP contribution in [0.2, 0.25) is 0 Å². The molecule has 0 heterocycles. The van der Waals surface area contributed by atoms with Crippen LogP contribution >= 0.6 is 0 Å². The molecule has 0 aromatic heterocycles. The summed E-state index contributed by atoms with van der Waals surface area (Å²) in [7, 11) is 0. The minimum absolute atomic E-state index is 0. The molecule has 0 nitrogen and oxygen atoms in total. The first-order valence-electron chi connectivity index (χ1n) is 5.71. The van der Waals surface area contributed by atoms with Gasteiger partial charge in [-0.3, -0.25) is 0 Å². The SMILES string of the molecule is C1=CCCC=CCC1.[CH2][C]([CH2])C.[CH2][C]([CH2])C.[Ru+2]. The van der Waals surface area contributed by atoms with Crippen LogP contribution in [0.5, 0.6) is 0 Å². The van der Waals surface area contributed by atoms with E-state index in [1.54, 1.807) is 0 Å². The second-order valence-electron chi connectivity index (χ2n) is 4.01. The first kappa shape index (κ1) is 22.3. The molecule has 96 valence electrons. The van der Waals surface area contributed by atoms with E-state index in [4.69, 9.17) is 0 Å². The summed E-state index contributed by atoms with van der Waals surface area (Å²) < 4.78 is 0. The van der Waals surface area contributed by atoms with E-state index in [1.807, 2.05) is 13.8 Å². The second-order valence-corrected chi connectivity index (χ2v) is 4.01. The summed E-state index contributed by atoms with van der Waals surface area (Å²) in [4.78, 5) is 0. The third-order valence-electron chi connectivity index (χ3n) is 1.33. The van der Waals surface area contributed by atoms with E-state index < -0.39 is 0 Å². The van der Waals surface area contributed by atoms with Gasteiger partial charge in [0.05, 0.1) is 0 Å². The zero-order valence-electron chi connectivity index (χ0n) is 11.3. The van der Waals surface area contributed by atoms with Crippen molar-refractivity contribution in [2.24, 2.45) is 0 Å². The maximum atomic E-state index is 3.44. The standard InChI is InChI=1S/C8H12.2C4H7.Ru/c1-2-4-6-8-7-5-3-1;2*1-4(2)3;/h1-2,7-8H,3-6H2;2*1-2H2,3H3;/q;;;+2. The van der Waals surface area contributed by atoms with Crippen molar-refractivity contribution in [3.8, 4) is 0 Å². The Morgan fingerprint density at radius 1 is 0.647 bits per heavy atom. The second kappa shape index (κ2) is 18.5. The van der Waals surface area contributed by atoms with Gasteiger partial charge in [-0.2, -0.15) is 0 Å². The van der Waals surface area contributed by atoms with Gasteiger partial charge in [0.1, 0.15) is 0 Å². The first-order chi connectivity index (χ1) is 7.46. The van der Waals surface area contributed by atoms with Crippen molar-refractivity contribution < 1.29 is 19.5 Å². The van der Waals surface area contributed by atoms with Crippen molar-refractivity contribution in [2.45, 2.75) is 39.5 Å². The fourth-order valence-electron chi connectivity index (χ4n) is 0.856. The van der Waals surface area contributed by atoms with Crippen molar-refractivity contribution in [1.82, 2.24) is 0 Å². The monoisotopic (exact) mass is 320 g/mol. The third kappa shape index (κ3) is 48.8. The van der Waals surface area contributed by atoms with E-state index in [2.05, 4.69) is 52.0 Å². The van der Waals surface area contributed by atoms with Crippen molar-refractivity contribution in [3.05, 3.63) is 63.8 Å². The largest absolute Gasteiger partial charge is 2.00 e. The molecule has 1 aliphatic rings. The molecule has 0 saturated heterocycles. The molecule has 0 atom stereocenters. The quantitative estimate of drug-likeness (QED) is 0.427. The predicted molar refractivity (Wildman–Crippen MR) is 76.0 cm³/mol. The van der Waals surface area contributed by atoms with Crippen LogP contribution in [0.1, 0.15) is 39.5 Å².